The minimum atomic E-state index is 0.0334. The van der Waals surface area contributed by atoms with E-state index in [0.29, 0.717) is 11.2 Å². The third-order valence-electron chi connectivity index (χ3n) is 3.60. The fourth-order valence-corrected chi connectivity index (χ4v) is 3.12. The molecule has 3 heterocycles. The first-order chi connectivity index (χ1) is 10.7. The van der Waals surface area contributed by atoms with E-state index in [2.05, 4.69) is 27.8 Å². The number of carbonyl (C=O) groups is 1. The van der Waals surface area contributed by atoms with E-state index in [1.54, 1.807) is 6.26 Å². The zero-order chi connectivity index (χ0) is 15.4. The molecule has 116 valence electrons. The van der Waals surface area contributed by atoms with Crippen LogP contribution in [0.1, 0.15) is 30.5 Å². The minimum absolute atomic E-state index is 0.0334. The summed E-state index contributed by atoms with van der Waals surface area (Å²) in [6.07, 6.45) is 6.97. The zero-order valence-electron chi connectivity index (χ0n) is 12.3. The number of nitrogens with one attached hydrogen (secondary N) is 2. The van der Waals surface area contributed by atoms with E-state index in [1.807, 2.05) is 24.3 Å². The highest BCUT2D eigenvalue weighted by Crippen LogP contribution is 2.21. The van der Waals surface area contributed by atoms with Gasteiger partial charge in [-0.3, -0.25) is 4.79 Å². The van der Waals surface area contributed by atoms with Gasteiger partial charge in [0.05, 0.1) is 6.26 Å². The van der Waals surface area contributed by atoms with Gasteiger partial charge in [0.1, 0.15) is 10.8 Å². The SMILES string of the molecule is C[C@H]1C[C@@H](C(=O)Nc2nnc(/C=C/c3ccco3)s2)CCN1. The number of nitrogens with zero attached hydrogens (tertiary/aromatic N) is 2. The Morgan fingerprint density at radius 2 is 2.41 bits per heavy atom. The van der Waals surface area contributed by atoms with Crippen molar-refractivity contribution < 1.29 is 9.21 Å². The number of piperidine rings is 1. The molecule has 0 bridgehead atoms. The maximum atomic E-state index is 12.2. The summed E-state index contributed by atoms with van der Waals surface area (Å²) >= 11 is 1.35. The van der Waals surface area contributed by atoms with Crippen LogP contribution in [0.5, 0.6) is 0 Å². The van der Waals surface area contributed by atoms with Crippen LogP contribution in [0.15, 0.2) is 22.8 Å². The number of furan rings is 1. The second-order valence-electron chi connectivity index (χ2n) is 5.36. The van der Waals surface area contributed by atoms with Crippen LogP contribution < -0.4 is 10.6 Å². The lowest BCUT2D eigenvalue weighted by molar-refractivity contribution is -0.120. The molecule has 6 nitrogen and oxygen atoms in total. The summed E-state index contributed by atoms with van der Waals surface area (Å²) in [6.45, 7) is 2.98. The van der Waals surface area contributed by atoms with E-state index >= 15 is 0 Å². The predicted molar refractivity (Wildman–Crippen MR) is 86.4 cm³/mol. The molecule has 0 aromatic carbocycles. The largest absolute Gasteiger partial charge is 0.465 e. The smallest absolute Gasteiger partial charge is 0.229 e. The number of hydrogen-bond donors (Lipinski definition) is 2. The third-order valence-corrected chi connectivity index (χ3v) is 4.40. The maximum absolute atomic E-state index is 12.2. The van der Waals surface area contributed by atoms with Crippen LogP contribution in [0.25, 0.3) is 12.2 Å². The molecule has 2 aromatic rings. The van der Waals surface area contributed by atoms with Gasteiger partial charge in [-0.15, -0.1) is 10.2 Å². The number of carbonyl (C=O) groups excluding carboxylic acids is 1. The Bertz CT molecular complexity index is 650. The van der Waals surface area contributed by atoms with Crippen molar-refractivity contribution in [2.75, 3.05) is 11.9 Å². The Balaban J connectivity index is 1.58. The van der Waals surface area contributed by atoms with E-state index in [9.17, 15) is 4.79 Å². The van der Waals surface area contributed by atoms with Crippen molar-refractivity contribution >= 4 is 34.5 Å². The van der Waals surface area contributed by atoms with Gasteiger partial charge in [-0.2, -0.15) is 0 Å². The maximum Gasteiger partial charge on any atom is 0.229 e. The van der Waals surface area contributed by atoms with Crippen LogP contribution in [0, 0.1) is 5.92 Å². The van der Waals surface area contributed by atoms with Crippen molar-refractivity contribution in [3.8, 4) is 0 Å². The first-order valence-electron chi connectivity index (χ1n) is 7.30. The molecule has 1 fully saturated rings. The minimum Gasteiger partial charge on any atom is -0.465 e. The molecule has 2 N–H and O–H groups in total. The van der Waals surface area contributed by atoms with E-state index in [0.717, 1.165) is 30.2 Å². The van der Waals surface area contributed by atoms with Gasteiger partial charge in [0.15, 0.2) is 0 Å². The van der Waals surface area contributed by atoms with E-state index in [-0.39, 0.29) is 11.8 Å². The molecule has 2 atom stereocenters. The van der Waals surface area contributed by atoms with Gasteiger partial charge in [0, 0.05) is 12.0 Å². The molecular weight excluding hydrogens is 300 g/mol. The summed E-state index contributed by atoms with van der Waals surface area (Å²) in [6, 6.07) is 4.06. The number of hydrogen-bond acceptors (Lipinski definition) is 6. The number of rotatable bonds is 4. The summed E-state index contributed by atoms with van der Waals surface area (Å²) in [5, 5.41) is 15.5. The molecule has 3 rings (SSSR count). The molecule has 0 unspecified atom stereocenters. The van der Waals surface area contributed by atoms with Crippen molar-refractivity contribution in [1.82, 2.24) is 15.5 Å². The topological polar surface area (TPSA) is 80.1 Å². The second-order valence-corrected chi connectivity index (χ2v) is 6.37. The van der Waals surface area contributed by atoms with E-state index in [1.165, 1.54) is 11.3 Å². The van der Waals surface area contributed by atoms with Gasteiger partial charge in [-0.05, 0) is 50.6 Å². The number of aromatic nitrogens is 2. The molecule has 0 aliphatic carbocycles. The Morgan fingerprint density at radius 3 is 3.18 bits per heavy atom. The standard InChI is InChI=1S/C15H18N4O2S/c1-10-9-11(6-7-16-10)14(20)17-15-19-18-13(22-15)5-4-12-3-2-8-21-12/h2-5,8,10-11,16H,6-7,9H2,1H3,(H,17,19,20)/b5-4+/t10-,11-/m0/s1. The van der Waals surface area contributed by atoms with Crippen LogP contribution in [0.4, 0.5) is 5.13 Å². The lowest BCUT2D eigenvalue weighted by atomic mass is 9.93. The molecule has 1 saturated heterocycles. The lowest BCUT2D eigenvalue weighted by Gasteiger charge is -2.26. The highest BCUT2D eigenvalue weighted by Gasteiger charge is 2.25. The normalized spacial score (nSPS) is 22.0. The monoisotopic (exact) mass is 318 g/mol. The van der Waals surface area contributed by atoms with Crippen LogP contribution in [0.3, 0.4) is 0 Å². The van der Waals surface area contributed by atoms with Gasteiger partial charge < -0.3 is 15.1 Å². The molecule has 1 amide bonds. The van der Waals surface area contributed by atoms with Crippen LogP contribution >= 0.6 is 11.3 Å². The Labute approximate surface area is 132 Å². The number of amides is 1. The first kappa shape index (κ1) is 14.9. The van der Waals surface area contributed by atoms with Crippen molar-refractivity contribution in [3.63, 3.8) is 0 Å². The van der Waals surface area contributed by atoms with E-state index in [4.69, 9.17) is 4.42 Å². The van der Waals surface area contributed by atoms with Crippen LogP contribution in [-0.2, 0) is 4.79 Å². The summed E-state index contributed by atoms with van der Waals surface area (Å²) in [5.74, 6) is 0.831. The molecular formula is C15H18N4O2S. The molecule has 2 aromatic heterocycles. The second kappa shape index (κ2) is 6.85. The molecule has 1 aliphatic heterocycles. The average Bonchev–Trinajstić information content (AvgIpc) is 3.16. The predicted octanol–water partition coefficient (Wildman–Crippen LogP) is 2.63. The van der Waals surface area contributed by atoms with Crippen LogP contribution in [-0.4, -0.2) is 28.7 Å². The average molecular weight is 318 g/mol. The Morgan fingerprint density at radius 1 is 1.50 bits per heavy atom. The van der Waals surface area contributed by atoms with Gasteiger partial charge in [0.25, 0.3) is 0 Å². The fraction of sp³-hybridized carbons (Fsp3) is 0.400. The van der Waals surface area contributed by atoms with Crippen molar-refractivity contribution in [1.29, 1.82) is 0 Å². The van der Waals surface area contributed by atoms with Gasteiger partial charge >= 0.3 is 0 Å². The highest BCUT2D eigenvalue weighted by molar-refractivity contribution is 7.16. The van der Waals surface area contributed by atoms with Crippen molar-refractivity contribution in [3.05, 3.63) is 29.2 Å². The molecule has 22 heavy (non-hydrogen) atoms. The van der Waals surface area contributed by atoms with Crippen molar-refractivity contribution in [2.45, 2.75) is 25.8 Å². The van der Waals surface area contributed by atoms with Crippen molar-refractivity contribution in [2.24, 2.45) is 5.92 Å². The number of anilines is 1. The highest BCUT2D eigenvalue weighted by atomic mass is 32.1. The Kier molecular flexibility index (Phi) is 4.65. The van der Waals surface area contributed by atoms with Gasteiger partial charge in [0.2, 0.25) is 11.0 Å². The summed E-state index contributed by atoms with van der Waals surface area (Å²) in [5.41, 5.74) is 0. The van der Waals surface area contributed by atoms with Crippen LogP contribution in [0.2, 0.25) is 0 Å². The molecule has 1 aliphatic rings. The van der Waals surface area contributed by atoms with Gasteiger partial charge in [-0.25, -0.2) is 0 Å². The fourth-order valence-electron chi connectivity index (χ4n) is 2.47. The first-order valence-corrected chi connectivity index (χ1v) is 8.11. The van der Waals surface area contributed by atoms with Gasteiger partial charge in [-0.1, -0.05) is 11.3 Å². The zero-order valence-corrected chi connectivity index (χ0v) is 13.1. The summed E-state index contributed by atoms with van der Waals surface area (Å²) in [7, 11) is 0. The molecule has 7 heteroatoms. The summed E-state index contributed by atoms with van der Waals surface area (Å²) < 4.78 is 5.21. The summed E-state index contributed by atoms with van der Waals surface area (Å²) in [4.78, 5) is 12.2. The lowest BCUT2D eigenvalue weighted by Crippen LogP contribution is -2.40. The molecule has 0 radical (unpaired) electrons. The molecule has 0 spiro atoms. The Hall–Kier alpha value is -1.99. The quantitative estimate of drug-likeness (QED) is 0.906. The molecule has 0 saturated carbocycles. The third kappa shape index (κ3) is 3.80. The van der Waals surface area contributed by atoms with E-state index < -0.39 is 0 Å².